The van der Waals surface area contributed by atoms with Crippen LogP contribution in [0.3, 0.4) is 0 Å². The average Bonchev–Trinajstić information content (AvgIpc) is 2.80. The van der Waals surface area contributed by atoms with Gasteiger partial charge in [-0.25, -0.2) is 0 Å². The fourth-order valence-corrected chi connectivity index (χ4v) is 3.18. The van der Waals surface area contributed by atoms with Crippen LogP contribution < -0.4 is 0 Å². The van der Waals surface area contributed by atoms with Crippen molar-refractivity contribution in [1.29, 1.82) is 0 Å². The highest BCUT2D eigenvalue weighted by Crippen LogP contribution is 2.33. The number of aliphatic hydroxyl groups excluding tert-OH is 1. The van der Waals surface area contributed by atoms with Crippen LogP contribution >= 0.6 is 27.3 Å². The molecule has 1 aromatic carbocycles. The maximum Gasteiger partial charge on any atom is 0.114 e. The van der Waals surface area contributed by atoms with Crippen molar-refractivity contribution in [3.05, 3.63) is 55.7 Å². The molecule has 0 bridgehead atoms. The summed E-state index contributed by atoms with van der Waals surface area (Å²) in [4.78, 5) is 2.32. The van der Waals surface area contributed by atoms with Gasteiger partial charge in [-0.05, 0) is 31.5 Å². The van der Waals surface area contributed by atoms with Crippen LogP contribution in [-0.4, -0.2) is 5.11 Å². The molecule has 3 heteroatoms. The zero-order chi connectivity index (χ0) is 12.4. The van der Waals surface area contributed by atoms with Crippen LogP contribution in [0, 0.1) is 6.92 Å². The number of benzene rings is 1. The first-order chi connectivity index (χ1) is 8.11. The van der Waals surface area contributed by atoms with E-state index >= 15 is 0 Å². The van der Waals surface area contributed by atoms with Crippen molar-refractivity contribution in [3.63, 3.8) is 0 Å². The van der Waals surface area contributed by atoms with Gasteiger partial charge in [-0.2, -0.15) is 0 Å². The van der Waals surface area contributed by atoms with E-state index < -0.39 is 6.10 Å². The van der Waals surface area contributed by atoms with E-state index in [1.54, 1.807) is 11.3 Å². The Balaban J connectivity index is 2.35. The predicted octanol–water partition coefficient (Wildman–Crippen LogP) is 4.46. The second-order valence-corrected chi connectivity index (χ2v) is 6.14. The molecular formula is C14H15BrOS. The maximum absolute atomic E-state index is 10.4. The van der Waals surface area contributed by atoms with Gasteiger partial charge in [-0.1, -0.05) is 40.5 Å². The molecule has 0 aliphatic heterocycles. The molecule has 1 heterocycles. The molecule has 0 radical (unpaired) electrons. The standard InChI is InChI=1S/C14H15BrOS/c1-3-10-5-7-13(17-10)14(16)11-8-9(2)4-6-12(11)15/h4-8,14,16H,3H2,1-2H3. The van der Waals surface area contributed by atoms with E-state index in [9.17, 15) is 5.11 Å². The van der Waals surface area contributed by atoms with E-state index in [2.05, 4.69) is 28.9 Å². The molecule has 1 atom stereocenters. The third-order valence-electron chi connectivity index (χ3n) is 2.75. The molecule has 0 saturated heterocycles. The summed E-state index contributed by atoms with van der Waals surface area (Å²) in [5.74, 6) is 0. The fourth-order valence-electron chi connectivity index (χ4n) is 1.76. The highest BCUT2D eigenvalue weighted by molar-refractivity contribution is 9.10. The van der Waals surface area contributed by atoms with Gasteiger partial charge in [0.25, 0.3) is 0 Å². The van der Waals surface area contributed by atoms with Crippen LogP contribution in [-0.2, 0) is 6.42 Å². The molecule has 17 heavy (non-hydrogen) atoms. The molecule has 1 N–H and O–H groups in total. The van der Waals surface area contributed by atoms with Gasteiger partial charge in [0.05, 0.1) is 0 Å². The van der Waals surface area contributed by atoms with E-state index in [4.69, 9.17) is 0 Å². The topological polar surface area (TPSA) is 20.2 Å². The number of hydrogen-bond acceptors (Lipinski definition) is 2. The van der Waals surface area contributed by atoms with E-state index in [-0.39, 0.29) is 0 Å². The van der Waals surface area contributed by atoms with Crippen molar-refractivity contribution in [1.82, 2.24) is 0 Å². The number of rotatable bonds is 3. The van der Waals surface area contributed by atoms with E-state index in [0.717, 1.165) is 26.9 Å². The minimum Gasteiger partial charge on any atom is -0.383 e. The molecule has 0 fully saturated rings. The lowest BCUT2D eigenvalue weighted by Gasteiger charge is -2.12. The third-order valence-corrected chi connectivity index (χ3v) is 4.75. The number of thiophene rings is 1. The fraction of sp³-hybridized carbons (Fsp3) is 0.286. The summed E-state index contributed by atoms with van der Waals surface area (Å²) in [5, 5.41) is 10.4. The van der Waals surface area contributed by atoms with Crippen molar-refractivity contribution in [2.24, 2.45) is 0 Å². The van der Waals surface area contributed by atoms with E-state index in [0.29, 0.717) is 0 Å². The number of hydrogen-bond donors (Lipinski definition) is 1. The summed E-state index contributed by atoms with van der Waals surface area (Å²) in [6.45, 7) is 4.17. The summed E-state index contributed by atoms with van der Waals surface area (Å²) in [6, 6.07) is 10.2. The molecule has 1 unspecified atom stereocenters. The Morgan fingerprint density at radius 2 is 2.06 bits per heavy atom. The van der Waals surface area contributed by atoms with Crippen molar-refractivity contribution in [3.8, 4) is 0 Å². The zero-order valence-electron chi connectivity index (χ0n) is 9.90. The maximum atomic E-state index is 10.4. The molecule has 1 aromatic heterocycles. The van der Waals surface area contributed by atoms with Crippen molar-refractivity contribution in [2.45, 2.75) is 26.4 Å². The van der Waals surface area contributed by atoms with Gasteiger partial charge in [0, 0.05) is 19.8 Å². The van der Waals surface area contributed by atoms with Crippen LogP contribution in [0.15, 0.2) is 34.8 Å². The lowest BCUT2D eigenvalue weighted by molar-refractivity contribution is 0.223. The Labute approximate surface area is 114 Å². The first-order valence-corrected chi connectivity index (χ1v) is 7.25. The molecule has 0 spiro atoms. The van der Waals surface area contributed by atoms with E-state index in [1.807, 2.05) is 31.2 Å². The smallest absolute Gasteiger partial charge is 0.114 e. The minimum atomic E-state index is -0.533. The lowest BCUT2D eigenvalue weighted by atomic mass is 10.1. The SMILES string of the molecule is CCc1ccc(C(O)c2cc(C)ccc2Br)s1. The summed E-state index contributed by atoms with van der Waals surface area (Å²) < 4.78 is 0.960. The second kappa shape index (κ2) is 5.34. The molecule has 2 rings (SSSR count). The molecule has 0 saturated carbocycles. The summed E-state index contributed by atoms with van der Waals surface area (Å²) >= 11 is 5.18. The third kappa shape index (κ3) is 2.79. The molecule has 0 aliphatic rings. The van der Waals surface area contributed by atoms with Gasteiger partial charge in [-0.3, -0.25) is 0 Å². The van der Waals surface area contributed by atoms with Crippen molar-refractivity contribution in [2.75, 3.05) is 0 Å². The largest absolute Gasteiger partial charge is 0.383 e. The molecule has 1 nitrogen and oxygen atoms in total. The Bertz CT molecular complexity index is 519. The van der Waals surface area contributed by atoms with Gasteiger partial charge in [-0.15, -0.1) is 11.3 Å². The number of aliphatic hydroxyl groups is 1. The second-order valence-electron chi connectivity index (χ2n) is 4.09. The van der Waals surface area contributed by atoms with Crippen molar-refractivity contribution < 1.29 is 5.11 Å². The Hall–Kier alpha value is -0.640. The predicted molar refractivity (Wildman–Crippen MR) is 76.6 cm³/mol. The highest BCUT2D eigenvalue weighted by Gasteiger charge is 2.15. The molecular weight excluding hydrogens is 296 g/mol. The highest BCUT2D eigenvalue weighted by atomic mass is 79.9. The minimum absolute atomic E-state index is 0.533. The van der Waals surface area contributed by atoms with Crippen LogP contribution in [0.2, 0.25) is 0 Å². The molecule has 90 valence electrons. The van der Waals surface area contributed by atoms with Crippen LogP contribution in [0.5, 0.6) is 0 Å². The van der Waals surface area contributed by atoms with Crippen LogP contribution in [0.4, 0.5) is 0 Å². The Morgan fingerprint density at radius 3 is 2.71 bits per heavy atom. The van der Waals surface area contributed by atoms with Gasteiger partial charge in [0.1, 0.15) is 6.10 Å². The average molecular weight is 311 g/mol. The van der Waals surface area contributed by atoms with Crippen LogP contribution in [0.1, 0.15) is 33.9 Å². The van der Waals surface area contributed by atoms with Gasteiger partial charge in [0.2, 0.25) is 0 Å². The molecule has 2 aromatic rings. The van der Waals surface area contributed by atoms with Gasteiger partial charge < -0.3 is 5.11 Å². The van der Waals surface area contributed by atoms with Gasteiger partial charge in [0.15, 0.2) is 0 Å². The first kappa shape index (κ1) is 12.8. The quantitative estimate of drug-likeness (QED) is 0.887. The first-order valence-electron chi connectivity index (χ1n) is 5.64. The normalized spacial score (nSPS) is 12.7. The Kier molecular flexibility index (Phi) is 4.02. The zero-order valence-corrected chi connectivity index (χ0v) is 12.3. The van der Waals surface area contributed by atoms with Crippen LogP contribution in [0.25, 0.3) is 0 Å². The van der Waals surface area contributed by atoms with Gasteiger partial charge >= 0.3 is 0 Å². The molecule has 0 aliphatic carbocycles. The monoisotopic (exact) mass is 310 g/mol. The summed E-state index contributed by atoms with van der Waals surface area (Å²) in [7, 11) is 0. The summed E-state index contributed by atoms with van der Waals surface area (Å²) in [5.41, 5.74) is 2.10. The lowest BCUT2D eigenvalue weighted by Crippen LogP contribution is -1.98. The Morgan fingerprint density at radius 1 is 1.29 bits per heavy atom. The van der Waals surface area contributed by atoms with Crippen molar-refractivity contribution >= 4 is 27.3 Å². The van der Waals surface area contributed by atoms with E-state index in [1.165, 1.54) is 4.88 Å². The molecule has 0 amide bonds. The number of aryl methyl sites for hydroxylation is 2. The summed E-state index contributed by atoms with van der Waals surface area (Å²) in [6.07, 6.45) is 0.487. The number of halogens is 1.